The number of rotatable bonds is 11. The van der Waals surface area contributed by atoms with Gasteiger partial charge in [0.15, 0.2) is 0 Å². The molecule has 1 heterocycles. The molecule has 0 fully saturated rings. The SMILES string of the molecule is N=C(N)c1ccc(CNC(=O)CN2C(=O)[C@H](NS(=O)(=O)Cc3ccccc3)CSc3ccc(CCN)cc32)cc1.O=C(O)C(F)(F)F. The molecule has 2 amide bonds. The van der Waals surface area contributed by atoms with Crippen molar-refractivity contribution in [3.63, 3.8) is 0 Å². The van der Waals surface area contributed by atoms with Crippen molar-refractivity contribution < 1.29 is 41.1 Å². The summed E-state index contributed by atoms with van der Waals surface area (Å²) in [6.07, 6.45) is -4.49. The maximum Gasteiger partial charge on any atom is 0.490 e. The molecule has 8 N–H and O–H groups in total. The number of alkyl halides is 3. The Hall–Kier alpha value is -4.45. The first-order valence-corrected chi connectivity index (χ1v) is 16.5. The van der Waals surface area contributed by atoms with Gasteiger partial charge in [0.05, 0.1) is 11.4 Å². The van der Waals surface area contributed by atoms with Crippen LogP contribution in [0.25, 0.3) is 0 Å². The Kier molecular flexibility index (Phi) is 12.9. The van der Waals surface area contributed by atoms with Crippen molar-refractivity contribution in [1.29, 1.82) is 5.41 Å². The Balaban J connectivity index is 0.000000771. The number of fused-ring (bicyclic) bond motifs is 1. The fourth-order valence-electron chi connectivity index (χ4n) is 4.27. The molecule has 17 heteroatoms. The summed E-state index contributed by atoms with van der Waals surface area (Å²) in [4.78, 5) is 37.8. The Labute approximate surface area is 273 Å². The molecule has 4 rings (SSSR count). The average molecular weight is 695 g/mol. The van der Waals surface area contributed by atoms with E-state index in [2.05, 4.69) is 10.0 Å². The second kappa shape index (κ2) is 16.4. The van der Waals surface area contributed by atoms with Crippen LogP contribution in [-0.4, -0.2) is 68.2 Å². The van der Waals surface area contributed by atoms with E-state index in [-0.39, 0.29) is 30.4 Å². The van der Waals surface area contributed by atoms with Gasteiger partial charge in [0.25, 0.3) is 0 Å². The summed E-state index contributed by atoms with van der Waals surface area (Å²) in [6, 6.07) is 20.2. The molecule has 1 aliphatic heterocycles. The minimum atomic E-state index is -5.08. The molecule has 12 nitrogen and oxygen atoms in total. The monoisotopic (exact) mass is 694 g/mol. The molecular formula is C30H33F3N6O6S2. The van der Waals surface area contributed by atoms with Crippen molar-refractivity contribution in [2.45, 2.75) is 35.8 Å². The van der Waals surface area contributed by atoms with Gasteiger partial charge in [0.2, 0.25) is 21.8 Å². The fraction of sp³-hybridized carbons (Fsp3) is 0.267. The van der Waals surface area contributed by atoms with Gasteiger partial charge in [-0.05, 0) is 41.8 Å². The predicted molar refractivity (Wildman–Crippen MR) is 171 cm³/mol. The number of carboxylic acid groups (broad SMARTS) is 1. The number of amides is 2. The number of amidine groups is 1. The van der Waals surface area contributed by atoms with E-state index in [0.29, 0.717) is 29.8 Å². The van der Waals surface area contributed by atoms with Gasteiger partial charge in [-0.25, -0.2) is 17.9 Å². The molecular weight excluding hydrogens is 661 g/mol. The number of anilines is 1. The van der Waals surface area contributed by atoms with E-state index in [1.807, 2.05) is 18.2 Å². The van der Waals surface area contributed by atoms with Gasteiger partial charge in [-0.1, -0.05) is 60.7 Å². The lowest BCUT2D eigenvalue weighted by molar-refractivity contribution is -0.192. The molecule has 0 aliphatic carbocycles. The topological polar surface area (TPSA) is 209 Å². The maximum atomic E-state index is 13.8. The lowest BCUT2D eigenvalue weighted by Gasteiger charge is -2.26. The number of carbonyl (C=O) groups excluding carboxylic acids is 2. The van der Waals surface area contributed by atoms with Gasteiger partial charge in [-0.2, -0.15) is 13.2 Å². The summed E-state index contributed by atoms with van der Waals surface area (Å²) in [5, 5.41) is 17.4. The van der Waals surface area contributed by atoms with Crippen LogP contribution in [-0.2, 0) is 43.1 Å². The Morgan fingerprint density at radius 1 is 1.02 bits per heavy atom. The molecule has 0 aromatic heterocycles. The molecule has 0 spiro atoms. The van der Waals surface area contributed by atoms with Crippen molar-refractivity contribution in [3.05, 3.63) is 95.1 Å². The van der Waals surface area contributed by atoms with Crippen LogP contribution in [0.2, 0.25) is 0 Å². The first-order valence-electron chi connectivity index (χ1n) is 13.9. The zero-order valence-corrected chi connectivity index (χ0v) is 26.4. The van der Waals surface area contributed by atoms with Gasteiger partial charge in [-0.3, -0.25) is 15.0 Å². The number of halogens is 3. The Morgan fingerprint density at radius 2 is 1.64 bits per heavy atom. The van der Waals surface area contributed by atoms with Crippen molar-refractivity contribution >= 4 is 51.1 Å². The minimum Gasteiger partial charge on any atom is -0.475 e. The third kappa shape index (κ3) is 11.4. The molecule has 3 aromatic carbocycles. The maximum absolute atomic E-state index is 13.8. The Bertz CT molecular complexity index is 1690. The van der Waals surface area contributed by atoms with E-state index >= 15 is 0 Å². The molecule has 0 saturated carbocycles. The highest BCUT2D eigenvalue weighted by Gasteiger charge is 2.38. The minimum absolute atomic E-state index is 0.0465. The first-order chi connectivity index (χ1) is 22.1. The predicted octanol–water partition coefficient (Wildman–Crippen LogP) is 2.35. The van der Waals surface area contributed by atoms with E-state index in [1.54, 1.807) is 54.6 Å². The van der Waals surface area contributed by atoms with Crippen LogP contribution >= 0.6 is 11.8 Å². The van der Waals surface area contributed by atoms with Crippen LogP contribution in [0.1, 0.15) is 22.3 Å². The average Bonchev–Trinajstić information content (AvgIpc) is 3.12. The third-order valence-corrected chi connectivity index (χ3v) is 9.05. The number of benzene rings is 3. The number of carbonyl (C=O) groups is 3. The van der Waals surface area contributed by atoms with Gasteiger partial charge in [0, 0.05) is 22.8 Å². The van der Waals surface area contributed by atoms with E-state index in [1.165, 1.54) is 16.7 Å². The number of hydrogen-bond acceptors (Lipinski definition) is 8. The molecule has 0 radical (unpaired) electrons. The lowest BCUT2D eigenvalue weighted by atomic mass is 10.1. The number of nitrogens with two attached hydrogens (primary N) is 2. The summed E-state index contributed by atoms with van der Waals surface area (Å²) < 4.78 is 60.3. The van der Waals surface area contributed by atoms with Crippen molar-refractivity contribution in [1.82, 2.24) is 10.0 Å². The third-order valence-electron chi connectivity index (χ3n) is 6.54. The van der Waals surface area contributed by atoms with Crippen molar-refractivity contribution in [2.24, 2.45) is 11.5 Å². The zero-order chi connectivity index (χ0) is 34.8. The summed E-state index contributed by atoms with van der Waals surface area (Å²) in [5.74, 6) is -3.80. The summed E-state index contributed by atoms with van der Waals surface area (Å²) in [6.45, 7) is 0.340. The number of nitrogens with one attached hydrogen (secondary N) is 3. The second-order valence-electron chi connectivity index (χ2n) is 10.2. The van der Waals surface area contributed by atoms with Crippen LogP contribution < -0.4 is 26.4 Å². The smallest absolute Gasteiger partial charge is 0.475 e. The van der Waals surface area contributed by atoms with Crippen LogP contribution in [0, 0.1) is 5.41 Å². The van der Waals surface area contributed by atoms with E-state index in [4.69, 9.17) is 26.8 Å². The van der Waals surface area contributed by atoms with Gasteiger partial charge >= 0.3 is 12.1 Å². The zero-order valence-electron chi connectivity index (χ0n) is 24.8. The quantitative estimate of drug-likeness (QED) is 0.128. The number of nitrogens with zero attached hydrogens (tertiary/aromatic N) is 1. The summed E-state index contributed by atoms with van der Waals surface area (Å²) >= 11 is 1.36. The number of nitrogen functional groups attached to an aromatic ring is 1. The molecule has 0 bridgehead atoms. The number of aliphatic carboxylic acids is 1. The highest BCUT2D eigenvalue weighted by atomic mass is 32.2. The van der Waals surface area contributed by atoms with Crippen molar-refractivity contribution in [3.8, 4) is 0 Å². The van der Waals surface area contributed by atoms with Crippen LogP contribution in [0.5, 0.6) is 0 Å². The number of thioether (sulfide) groups is 1. The van der Waals surface area contributed by atoms with E-state index < -0.39 is 40.0 Å². The van der Waals surface area contributed by atoms with Gasteiger partial charge in [-0.15, -0.1) is 11.8 Å². The number of carboxylic acids is 1. The molecule has 1 aliphatic rings. The Morgan fingerprint density at radius 3 is 2.21 bits per heavy atom. The first kappa shape index (κ1) is 37.0. The van der Waals surface area contributed by atoms with E-state index in [9.17, 15) is 31.2 Å². The number of hydrogen-bond donors (Lipinski definition) is 6. The highest BCUT2D eigenvalue weighted by Crippen LogP contribution is 2.35. The largest absolute Gasteiger partial charge is 0.490 e. The van der Waals surface area contributed by atoms with E-state index in [0.717, 1.165) is 16.0 Å². The standard InChI is InChI=1S/C28H32N6O4S2.C2HF3O2/c29-13-12-19-8-11-25-24(14-19)34(16-26(35)32-15-20-6-9-22(10-7-20)27(30)31)28(36)23(17-39-25)33-40(37,38)18-21-4-2-1-3-5-21;3-2(4,5)1(6)7/h1-11,14,23,33H,12-13,15-18,29H2,(H3,30,31)(H,32,35);(H,6,7)/t23-;/m1./s1. The molecule has 0 unspecified atom stereocenters. The summed E-state index contributed by atoms with van der Waals surface area (Å²) in [7, 11) is -3.85. The van der Waals surface area contributed by atoms with Crippen LogP contribution in [0.3, 0.4) is 0 Å². The summed E-state index contributed by atoms with van der Waals surface area (Å²) in [5.41, 5.74) is 14.7. The highest BCUT2D eigenvalue weighted by molar-refractivity contribution is 7.99. The van der Waals surface area contributed by atoms with Gasteiger partial charge in [0.1, 0.15) is 18.4 Å². The normalized spacial score (nSPS) is 14.7. The second-order valence-corrected chi connectivity index (χ2v) is 13.0. The van der Waals surface area contributed by atoms with Gasteiger partial charge < -0.3 is 26.8 Å². The molecule has 47 heavy (non-hydrogen) atoms. The molecule has 252 valence electrons. The van der Waals surface area contributed by atoms with Crippen molar-refractivity contribution in [2.75, 3.05) is 23.7 Å². The molecule has 1 atom stereocenters. The van der Waals surface area contributed by atoms with Crippen LogP contribution in [0.4, 0.5) is 18.9 Å². The molecule has 3 aromatic rings. The number of sulfonamides is 1. The van der Waals surface area contributed by atoms with Crippen LogP contribution in [0.15, 0.2) is 77.7 Å². The molecule has 0 saturated heterocycles. The lowest BCUT2D eigenvalue weighted by Crippen LogP contribution is -2.51. The fourth-order valence-corrected chi connectivity index (χ4v) is 6.76.